The Hall–Kier alpha value is -0.540. The summed E-state index contributed by atoms with van der Waals surface area (Å²) in [7, 11) is 0. The first-order valence-corrected chi connectivity index (χ1v) is 5.62. The lowest BCUT2D eigenvalue weighted by Gasteiger charge is -2.15. The molecule has 0 bridgehead atoms. The molecule has 0 aliphatic rings. The predicted octanol–water partition coefficient (Wildman–Crippen LogP) is 3.94. The fourth-order valence-corrected chi connectivity index (χ4v) is 1.94. The third-order valence-electron chi connectivity index (χ3n) is 1.40. The fraction of sp³-hybridized carbons (Fsp3) is 0.500. The molecule has 0 unspecified atom stereocenters. The number of rotatable bonds is 2. The van der Waals surface area contributed by atoms with Crippen LogP contribution < -0.4 is 0 Å². The molecule has 1 rings (SSSR count). The molecule has 0 fully saturated rings. The van der Waals surface area contributed by atoms with Gasteiger partial charge in [0.2, 0.25) is 0 Å². The Morgan fingerprint density at radius 3 is 2.57 bits per heavy atom. The highest BCUT2D eigenvalue weighted by Gasteiger charge is 2.12. The lowest BCUT2D eigenvalue weighted by Crippen LogP contribution is -2.16. The van der Waals surface area contributed by atoms with E-state index in [4.69, 9.17) is 16.4 Å². The van der Waals surface area contributed by atoms with Gasteiger partial charge in [-0.3, -0.25) is 0 Å². The molecular weight excluding hydrogens is 218 g/mol. The van der Waals surface area contributed by atoms with Gasteiger partial charge in [0.15, 0.2) is 0 Å². The molecule has 78 valence electrons. The number of nitrogens with zero attached hydrogens (tertiary/aromatic N) is 1. The van der Waals surface area contributed by atoms with Gasteiger partial charge in [0.1, 0.15) is 5.60 Å². The molecule has 0 aliphatic heterocycles. The highest BCUT2D eigenvalue weighted by molar-refractivity contribution is 7.12. The largest absolute Gasteiger partial charge is 0.390 e. The van der Waals surface area contributed by atoms with Gasteiger partial charge in [-0.2, -0.15) is 0 Å². The third kappa shape index (κ3) is 3.31. The molecule has 0 atom stereocenters. The van der Waals surface area contributed by atoms with Gasteiger partial charge in [0.05, 0.1) is 15.6 Å². The molecule has 1 aromatic heterocycles. The summed E-state index contributed by atoms with van der Waals surface area (Å²) in [5, 5.41) is 6.71. The summed E-state index contributed by atoms with van der Waals surface area (Å²) in [5.41, 5.74) is 0.560. The van der Waals surface area contributed by atoms with Crippen molar-refractivity contribution in [2.45, 2.75) is 33.3 Å². The minimum atomic E-state index is -0.259. The smallest absolute Gasteiger partial charge is 0.129 e. The molecule has 0 spiro atoms. The Kier molecular flexibility index (Phi) is 3.56. The second-order valence-electron chi connectivity index (χ2n) is 3.98. The van der Waals surface area contributed by atoms with E-state index in [0.29, 0.717) is 0 Å². The van der Waals surface area contributed by atoms with E-state index < -0.39 is 0 Å². The zero-order chi connectivity index (χ0) is 10.8. The molecule has 0 radical (unpaired) electrons. The van der Waals surface area contributed by atoms with Gasteiger partial charge in [-0.15, -0.1) is 11.3 Å². The maximum absolute atomic E-state index is 5.96. The van der Waals surface area contributed by atoms with Crippen molar-refractivity contribution in [3.05, 3.63) is 21.3 Å². The summed E-state index contributed by atoms with van der Waals surface area (Å²) in [6, 6.07) is 1.86. The van der Waals surface area contributed by atoms with E-state index in [9.17, 15) is 0 Å². The van der Waals surface area contributed by atoms with Gasteiger partial charge in [0.25, 0.3) is 0 Å². The average molecular weight is 232 g/mol. The predicted molar refractivity (Wildman–Crippen MR) is 62.4 cm³/mol. The van der Waals surface area contributed by atoms with Crippen LogP contribution in [0.2, 0.25) is 5.02 Å². The van der Waals surface area contributed by atoms with Gasteiger partial charge < -0.3 is 4.84 Å². The van der Waals surface area contributed by atoms with Crippen LogP contribution in [0.4, 0.5) is 0 Å². The maximum atomic E-state index is 5.96. The Morgan fingerprint density at radius 1 is 1.50 bits per heavy atom. The van der Waals surface area contributed by atoms with Crippen LogP contribution in [-0.4, -0.2) is 11.3 Å². The van der Waals surface area contributed by atoms with Crippen molar-refractivity contribution in [3.8, 4) is 0 Å². The minimum Gasteiger partial charge on any atom is -0.390 e. The normalized spacial score (nSPS) is 13.1. The fourth-order valence-electron chi connectivity index (χ4n) is 0.799. The molecule has 14 heavy (non-hydrogen) atoms. The van der Waals surface area contributed by atoms with Gasteiger partial charge in [-0.05, 0) is 39.1 Å². The van der Waals surface area contributed by atoms with Crippen LogP contribution in [0.25, 0.3) is 0 Å². The van der Waals surface area contributed by atoms with Crippen LogP contribution in [0, 0.1) is 0 Å². The topological polar surface area (TPSA) is 21.6 Å². The molecule has 0 aliphatic carbocycles. The molecule has 1 heterocycles. The molecule has 0 amide bonds. The SMILES string of the molecule is CC(=NOC(C)(C)C)c1sccc1Cl. The van der Waals surface area contributed by atoms with Crippen LogP contribution >= 0.6 is 22.9 Å². The van der Waals surface area contributed by atoms with Crippen molar-refractivity contribution in [3.63, 3.8) is 0 Å². The van der Waals surface area contributed by atoms with Crippen molar-refractivity contribution < 1.29 is 4.84 Å². The summed E-state index contributed by atoms with van der Waals surface area (Å²) in [5.74, 6) is 0. The van der Waals surface area contributed by atoms with Gasteiger partial charge in [-0.25, -0.2) is 0 Å². The summed E-state index contributed by atoms with van der Waals surface area (Å²) in [4.78, 5) is 6.27. The lowest BCUT2D eigenvalue weighted by molar-refractivity contribution is 0.000987. The monoisotopic (exact) mass is 231 g/mol. The van der Waals surface area contributed by atoms with Crippen LogP contribution in [-0.2, 0) is 4.84 Å². The van der Waals surface area contributed by atoms with Crippen LogP contribution in [0.5, 0.6) is 0 Å². The Labute approximate surface area is 93.5 Å². The van der Waals surface area contributed by atoms with E-state index in [-0.39, 0.29) is 5.60 Å². The molecule has 0 aromatic carbocycles. The highest BCUT2D eigenvalue weighted by atomic mass is 35.5. The number of hydrogen-bond acceptors (Lipinski definition) is 3. The standard InChI is InChI=1S/C10H14ClNOS/c1-7(12-13-10(2,3)4)9-8(11)5-6-14-9/h5-6H,1-4H3. The van der Waals surface area contributed by atoms with Crippen LogP contribution in [0.1, 0.15) is 32.6 Å². The molecule has 0 saturated carbocycles. The van der Waals surface area contributed by atoms with Crippen molar-refractivity contribution in [1.82, 2.24) is 0 Å². The average Bonchev–Trinajstić information content (AvgIpc) is 2.46. The van der Waals surface area contributed by atoms with E-state index in [1.807, 2.05) is 39.1 Å². The Bertz CT molecular complexity index is 338. The van der Waals surface area contributed by atoms with E-state index in [1.165, 1.54) is 0 Å². The van der Waals surface area contributed by atoms with Crippen molar-refractivity contribution in [1.29, 1.82) is 0 Å². The van der Waals surface area contributed by atoms with Crippen molar-refractivity contribution >= 4 is 28.6 Å². The first-order chi connectivity index (χ1) is 6.40. The number of oxime groups is 1. The number of thiophene rings is 1. The first kappa shape index (κ1) is 11.5. The highest BCUT2D eigenvalue weighted by Crippen LogP contribution is 2.23. The van der Waals surface area contributed by atoms with Crippen LogP contribution in [0.15, 0.2) is 16.6 Å². The molecule has 1 aromatic rings. The third-order valence-corrected chi connectivity index (χ3v) is 2.85. The maximum Gasteiger partial charge on any atom is 0.129 e. The summed E-state index contributed by atoms with van der Waals surface area (Å²) in [6.45, 7) is 7.77. The molecule has 0 N–H and O–H groups in total. The Balaban J connectivity index is 2.76. The molecule has 4 heteroatoms. The Morgan fingerprint density at radius 2 is 2.14 bits per heavy atom. The second kappa shape index (κ2) is 4.32. The van der Waals surface area contributed by atoms with Crippen molar-refractivity contribution in [2.24, 2.45) is 5.16 Å². The number of hydrogen-bond donors (Lipinski definition) is 0. The van der Waals surface area contributed by atoms with E-state index in [1.54, 1.807) is 11.3 Å². The molecule has 2 nitrogen and oxygen atoms in total. The summed E-state index contributed by atoms with van der Waals surface area (Å²) >= 11 is 7.52. The van der Waals surface area contributed by atoms with Gasteiger partial charge in [0, 0.05) is 0 Å². The molecular formula is C10H14ClNOS. The summed E-state index contributed by atoms with van der Waals surface area (Å²) < 4.78 is 0. The zero-order valence-corrected chi connectivity index (χ0v) is 10.4. The van der Waals surface area contributed by atoms with Gasteiger partial charge in [-0.1, -0.05) is 16.8 Å². The number of halogens is 1. The molecule has 0 saturated heterocycles. The lowest BCUT2D eigenvalue weighted by atomic mass is 10.2. The minimum absolute atomic E-state index is 0.259. The second-order valence-corrected chi connectivity index (χ2v) is 5.30. The van der Waals surface area contributed by atoms with Crippen molar-refractivity contribution in [2.75, 3.05) is 0 Å². The van der Waals surface area contributed by atoms with E-state index in [2.05, 4.69) is 5.16 Å². The van der Waals surface area contributed by atoms with Crippen LogP contribution in [0.3, 0.4) is 0 Å². The zero-order valence-electron chi connectivity index (χ0n) is 8.80. The quantitative estimate of drug-likeness (QED) is 0.558. The van der Waals surface area contributed by atoms with E-state index in [0.717, 1.165) is 15.6 Å². The van der Waals surface area contributed by atoms with Gasteiger partial charge >= 0.3 is 0 Å². The van der Waals surface area contributed by atoms with E-state index >= 15 is 0 Å². The summed E-state index contributed by atoms with van der Waals surface area (Å²) in [6.07, 6.45) is 0. The first-order valence-electron chi connectivity index (χ1n) is 4.36.